The molecule has 2 heterocycles. The van der Waals surface area contributed by atoms with Gasteiger partial charge >= 0.3 is 0 Å². The molecule has 0 unspecified atom stereocenters. The third-order valence-electron chi connectivity index (χ3n) is 3.18. The molecule has 24 heavy (non-hydrogen) atoms. The summed E-state index contributed by atoms with van der Waals surface area (Å²) in [5, 5.41) is 7.86. The largest absolute Gasteiger partial charge is 0.357 e. The van der Waals surface area contributed by atoms with Gasteiger partial charge in [0, 0.05) is 42.0 Å². The van der Waals surface area contributed by atoms with Gasteiger partial charge in [0.05, 0.1) is 8.79 Å². The summed E-state index contributed by atoms with van der Waals surface area (Å²) in [5.41, 5.74) is 0. The average molecular weight is 543 g/mol. The molecule has 2 rings (SSSR count). The first-order valence-corrected chi connectivity index (χ1v) is 10.3. The van der Waals surface area contributed by atoms with Gasteiger partial charge in [-0.15, -0.1) is 46.7 Å². The minimum atomic E-state index is 0. The Kier molecular flexibility index (Phi) is 11.1. The van der Waals surface area contributed by atoms with E-state index in [2.05, 4.69) is 62.5 Å². The summed E-state index contributed by atoms with van der Waals surface area (Å²) < 4.78 is 1.18. The summed E-state index contributed by atoms with van der Waals surface area (Å²) in [6, 6.07) is 4.26. The Morgan fingerprint density at radius 1 is 1.17 bits per heavy atom. The number of nitrogens with zero attached hydrogens (tertiary/aromatic N) is 2. The second-order valence-corrected chi connectivity index (χ2v) is 8.71. The fraction of sp³-hybridized carbons (Fsp3) is 0.500. The maximum Gasteiger partial charge on any atom is 0.191 e. The quantitative estimate of drug-likeness (QED) is 0.293. The van der Waals surface area contributed by atoms with Crippen molar-refractivity contribution in [2.24, 2.45) is 4.99 Å². The van der Waals surface area contributed by atoms with Gasteiger partial charge in [0.2, 0.25) is 0 Å². The van der Waals surface area contributed by atoms with Crippen LogP contribution in [0, 0.1) is 0 Å². The third-order valence-corrected chi connectivity index (χ3v) is 6.07. The first-order valence-electron chi connectivity index (χ1n) is 7.91. The highest BCUT2D eigenvalue weighted by Crippen LogP contribution is 2.22. The molecule has 2 aromatic heterocycles. The Hall–Kier alpha value is -0.190. The van der Waals surface area contributed by atoms with Crippen molar-refractivity contribution in [1.82, 2.24) is 15.6 Å². The topological polar surface area (TPSA) is 49.3 Å². The molecule has 4 nitrogen and oxygen atoms in total. The van der Waals surface area contributed by atoms with Gasteiger partial charge < -0.3 is 10.6 Å². The molecule has 0 spiro atoms. The van der Waals surface area contributed by atoms with Crippen molar-refractivity contribution in [3.05, 3.63) is 36.9 Å². The first kappa shape index (κ1) is 21.9. The summed E-state index contributed by atoms with van der Waals surface area (Å²) >= 11 is 7.07. The van der Waals surface area contributed by atoms with Gasteiger partial charge in [0.15, 0.2) is 5.96 Å². The number of thiophene rings is 1. The predicted octanol–water partition coefficient (Wildman–Crippen LogP) is 4.49. The molecule has 2 N–H and O–H groups in total. The summed E-state index contributed by atoms with van der Waals surface area (Å²) in [6.07, 6.45) is 4.95. The maximum atomic E-state index is 4.64. The molecule has 0 aromatic carbocycles. The number of aliphatic imine (C=N–C) groups is 1. The standard InChI is InChI=1S/C16H23BrN4S2.HI/c1-3-12-11-21-15(23-12)8-10-20-16(18-4-2)19-9-7-13-5-6-14(17)22-13;/h5-6,11H,3-4,7-10H2,1-2H3,(H2,18,19,20);1H. The number of aryl methyl sites for hydroxylation is 1. The molecule has 0 atom stereocenters. The van der Waals surface area contributed by atoms with E-state index in [0.29, 0.717) is 0 Å². The van der Waals surface area contributed by atoms with Crippen molar-refractivity contribution in [3.63, 3.8) is 0 Å². The Labute approximate surface area is 177 Å². The molecule has 0 amide bonds. The van der Waals surface area contributed by atoms with Crippen molar-refractivity contribution in [1.29, 1.82) is 0 Å². The van der Waals surface area contributed by atoms with E-state index in [-0.39, 0.29) is 24.0 Å². The van der Waals surface area contributed by atoms with Crippen molar-refractivity contribution in [2.75, 3.05) is 19.6 Å². The summed E-state index contributed by atoms with van der Waals surface area (Å²) in [7, 11) is 0. The van der Waals surface area contributed by atoms with Crippen LogP contribution < -0.4 is 10.6 Å². The van der Waals surface area contributed by atoms with Crippen LogP contribution in [-0.2, 0) is 19.3 Å². The fourth-order valence-corrected chi connectivity index (χ4v) is 4.36. The second-order valence-electron chi connectivity index (χ2n) is 4.97. The molecule has 134 valence electrons. The highest BCUT2D eigenvalue weighted by atomic mass is 127. The molecular weight excluding hydrogens is 519 g/mol. The van der Waals surface area contributed by atoms with E-state index >= 15 is 0 Å². The number of guanidine groups is 1. The molecule has 0 aliphatic rings. The fourth-order valence-electron chi connectivity index (χ4n) is 2.02. The number of rotatable bonds is 8. The zero-order valence-corrected chi connectivity index (χ0v) is 19.5. The molecule has 0 saturated carbocycles. The molecule has 2 aromatic rings. The zero-order valence-electron chi connectivity index (χ0n) is 14.0. The van der Waals surface area contributed by atoms with Crippen molar-refractivity contribution < 1.29 is 0 Å². The molecule has 0 saturated heterocycles. The van der Waals surface area contributed by atoms with Crippen LogP contribution in [0.15, 0.2) is 27.1 Å². The third kappa shape index (κ3) is 7.79. The number of hydrogen-bond acceptors (Lipinski definition) is 4. The molecule has 0 fully saturated rings. The number of thiazole rings is 1. The van der Waals surface area contributed by atoms with E-state index in [1.54, 1.807) is 22.7 Å². The lowest BCUT2D eigenvalue weighted by Gasteiger charge is -2.10. The zero-order chi connectivity index (χ0) is 16.5. The molecule has 0 bridgehead atoms. The van der Waals surface area contributed by atoms with Crippen LogP contribution in [0.1, 0.15) is 28.6 Å². The summed E-state index contributed by atoms with van der Waals surface area (Å²) in [6.45, 7) is 6.76. The monoisotopic (exact) mass is 542 g/mol. The average Bonchev–Trinajstić information content (AvgIpc) is 3.16. The lowest BCUT2D eigenvalue weighted by molar-refractivity contribution is 0.801. The van der Waals surface area contributed by atoms with Crippen LogP contribution in [0.25, 0.3) is 0 Å². The van der Waals surface area contributed by atoms with Crippen LogP contribution >= 0.6 is 62.6 Å². The van der Waals surface area contributed by atoms with Crippen LogP contribution in [0.4, 0.5) is 0 Å². The maximum absolute atomic E-state index is 4.64. The summed E-state index contributed by atoms with van der Waals surface area (Å²) in [5.74, 6) is 0.885. The van der Waals surface area contributed by atoms with Crippen LogP contribution in [0.5, 0.6) is 0 Å². The van der Waals surface area contributed by atoms with Gasteiger partial charge in [0.25, 0.3) is 0 Å². The Morgan fingerprint density at radius 2 is 2.00 bits per heavy atom. The van der Waals surface area contributed by atoms with Crippen LogP contribution in [0.2, 0.25) is 0 Å². The van der Waals surface area contributed by atoms with E-state index in [0.717, 1.165) is 44.9 Å². The second kappa shape index (κ2) is 12.2. The van der Waals surface area contributed by atoms with Crippen molar-refractivity contribution in [3.8, 4) is 0 Å². The van der Waals surface area contributed by atoms with Gasteiger partial charge in [-0.05, 0) is 47.8 Å². The molecular formula is C16H24BrIN4S2. The van der Waals surface area contributed by atoms with Gasteiger partial charge in [-0.25, -0.2) is 4.98 Å². The molecule has 0 radical (unpaired) electrons. The van der Waals surface area contributed by atoms with Crippen LogP contribution in [-0.4, -0.2) is 30.6 Å². The molecule has 0 aliphatic carbocycles. The van der Waals surface area contributed by atoms with Gasteiger partial charge in [0.1, 0.15) is 0 Å². The minimum Gasteiger partial charge on any atom is -0.357 e. The van der Waals surface area contributed by atoms with Crippen molar-refractivity contribution >= 4 is 68.5 Å². The predicted molar refractivity (Wildman–Crippen MR) is 120 cm³/mol. The Balaban J connectivity index is 0.00000288. The van der Waals surface area contributed by atoms with E-state index in [9.17, 15) is 0 Å². The van der Waals surface area contributed by atoms with Gasteiger partial charge in [-0.3, -0.25) is 4.99 Å². The van der Waals surface area contributed by atoms with E-state index in [1.807, 2.05) is 6.20 Å². The number of aromatic nitrogens is 1. The minimum absolute atomic E-state index is 0. The van der Waals surface area contributed by atoms with Crippen LogP contribution in [0.3, 0.4) is 0 Å². The van der Waals surface area contributed by atoms with E-state index in [1.165, 1.54) is 18.5 Å². The van der Waals surface area contributed by atoms with Crippen molar-refractivity contribution in [2.45, 2.75) is 33.1 Å². The van der Waals surface area contributed by atoms with E-state index < -0.39 is 0 Å². The normalized spacial score (nSPS) is 11.2. The number of halogens is 2. The summed E-state index contributed by atoms with van der Waals surface area (Å²) in [4.78, 5) is 11.8. The Morgan fingerprint density at radius 3 is 2.62 bits per heavy atom. The van der Waals surface area contributed by atoms with Gasteiger partial charge in [-0.1, -0.05) is 6.92 Å². The number of nitrogens with one attached hydrogen (secondary N) is 2. The van der Waals surface area contributed by atoms with Gasteiger partial charge in [-0.2, -0.15) is 0 Å². The van der Waals surface area contributed by atoms with E-state index in [4.69, 9.17) is 0 Å². The number of hydrogen-bond donors (Lipinski definition) is 2. The first-order chi connectivity index (χ1) is 11.2. The lowest BCUT2D eigenvalue weighted by Crippen LogP contribution is -2.38. The smallest absolute Gasteiger partial charge is 0.191 e. The Bertz CT molecular complexity index is 627. The lowest BCUT2D eigenvalue weighted by atomic mass is 10.3. The highest BCUT2D eigenvalue weighted by Gasteiger charge is 2.02. The molecule has 8 heteroatoms. The molecule has 0 aliphatic heterocycles. The highest BCUT2D eigenvalue weighted by molar-refractivity contribution is 14.0. The SMILES string of the molecule is CCNC(=NCCc1ncc(CC)s1)NCCc1ccc(Br)s1.I.